The molecule has 5 N–H and O–H groups in total. The maximum absolute atomic E-state index is 14.8. The molecule has 2 heterocycles. The second-order valence-electron chi connectivity index (χ2n) is 7.47. The van der Waals surface area contributed by atoms with E-state index >= 15 is 0 Å². The summed E-state index contributed by atoms with van der Waals surface area (Å²) in [7, 11) is 0. The SMILES string of the molecule is OCCc1ccc(Sc2cn([C@@H]3O[C@H](CO)[C@@H](O)[C@H](O)[C@H]3O)c3cccc(F)c23)cc1. The molecule has 5 atom stereocenters. The predicted molar refractivity (Wildman–Crippen MR) is 112 cm³/mol. The van der Waals surface area contributed by atoms with E-state index in [0.29, 0.717) is 22.2 Å². The van der Waals surface area contributed by atoms with Crippen molar-refractivity contribution in [1.29, 1.82) is 0 Å². The number of hydrogen-bond acceptors (Lipinski definition) is 7. The first-order chi connectivity index (χ1) is 14.9. The number of fused-ring (bicyclic) bond motifs is 1. The minimum absolute atomic E-state index is 0.0598. The van der Waals surface area contributed by atoms with Gasteiger partial charge in [-0.15, -0.1) is 0 Å². The van der Waals surface area contributed by atoms with E-state index in [-0.39, 0.29) is 6.61 Å². The van der Waals surface area contributed by atoms with Gasteiger partial charge in [-0.25, -0.2) is 4.39 Å². The standard InChI is InChI=1S/C22H24FNO6S/c23-14-2-1-3-15-18(14)17(31-13-6-4-12(5-7-13)8-9-25)10-24(15)22-21(29)20(28)19(27)16(11-26)30-22/h1-7,10,16,19-22,25-29H,8-9,11H2/t16-,19-,20+,21-,22-/m1/s1. The summed E-state index contributed by atoms with van der Waals surface area (Å²) in [5.41, 5.74) is 1.44. The maximum Gasteiger partial charge on any atom is 0.163 e. The van der Waals surface area contributed by atoms with Gasteiger partial charge in [-0.1, -0.05) is 30.0 Å². The third-order valence-electron chi connectivity index (χ3n) is 5.47. The summed E-state index contributed by atoms with van der Waals surface area (Å²) in [6.45, 7) is -0.485. The van der Waals surface area contributed by atoms with Crippen LogP contribution in [0.4, 0.5) is 4.39 Å². The van der Waals surface area contributed by atoms with Gasteiger partial charge in [0.25, 0.3) is 0 Å². The van der Waals surface area contributed by atoms with Crippen LogP contribution in [0.5, 0.6) is 0 Å². The van der Waals surface area contributed by atoms with Crippen molar-refractivity contribution < 1.29 is 34.7 Å². The minimum atomic E-state index is -1.53. The number of nitrogens with zero attached hydrogens (tertiary/aromatic N) is 1. The van der Waals surface area contributed by atoms with Gasteiger partial charge in [-0.2, -0.15) is 0 Å². The first-order valence-corrected chi connectivity index (χ1v) is 10.7. The van der Waals surface area contributed by atoms with Crippen molar-refractivity contribution in [2.45, 2.75) is 46.9 Å². The number of rotatable bonds is 6. The van der Waals surface area contributed by atoms with E-state index in [0.717, 1.165) is 10.5 Å². The summed E-state index contributed by atoms with van der Waals surface area (Å²) < 4.78 is 22.0. The third kappa shape index (κ3) is 4.22. The highest BCUT2D eigenvalue weighted by molar-refractivity contribution is 7.99. The zero-order valence-corrected chi connectivity index (χ0v) is 17.3. The molecule has 0 unspecified atom stereocenters. The van der Waals surface area contributed by atoms with Gasteiger partial charge in [-0.05, 0) is 36.2 Å². The molecule has 4 rings (SSSR count). The lowest BCUT2D eigenvalue weighted by Crippen LogP contribution is -2.56. The average molecular weight is 450 g/mol. The fourth-order valence-corrected chi connectivity index (χ4v) is 4.81. The van der Waals surface area contributed by atoms with Crippen LogP contribution in [0.25, 0.3) is 10.9 Å². The second kappa shape index (κ2) is 9.25. The van der Waals surface area contributed by atoms with Crippen molar-refractivity contribution in [3.05, 3.63) is 60.0 Å². The van der Waals surface area contributed by atoms with Gasteiger partial charge in [0.15, 0.2) is 6.23 Å². The molecular weight excluding hydrogens is 425 g/mol. The molecule has 31 heavy (non-hydrogen) atoms. The molecule has 0 saturated carbocycles. The lowest BCUT2D eigenvalue weighted by atomic mass is 9.98. The molecule has 2 aromatic carbocycles. The Morgan fingerprint density at radius 3 is 2.39 bits per heavy atom. The molecule has 1 aliphatic heterocycles. The topological polar surface area (TPSA) is 115 Å². The predicted octanol–water partition coefficient (Wildman–Crippen LogP) is 1.44. The summed E-state index contributed by atoms with van der Waals surface area (Å²) in [6, 6.07) is 12.1. The van der Waals surface area contributed by atoms with Crippen molar-refractivity contribution in [3.8, 4) is 0 Å². The van der Waals surface area contributed by atoms with Crippen LogP contribution >= 0.6 is 11.8 Å². The monoisotopic (exact) mass is 449 g/mol. The quantitative estimate of drug-likeness (QED) is 0.387. The highest BCUT2D eigenvalue weighted by Gasteiger charge is 2.44. The maximum atomic E-state index is 14.8. The van der Waals surface area contributed by atoms with Crippen LogP contribution in [-0.2, 0) is 11.2 Å². The van der Waals surface area contributed by atoms with Crippen molar-refractivity contribution in [3.63, 3.8) is 0 Å². The zero-order chi connectivity index (χ0) is 22.1. The molecule has 166 valence electrons. The summed E-state index contributed by atoms with van der Waals surface area (Å²) in [5, 5.41) is 49.6. The second-order valence-corrected chi connectivity index (χ2v) is 8.59. The van der Waals surface area contributed by atoms with E-state index in [4.69, 9.17) is 9.84 Å². The lowest BCUT2D eigenvalue weighted by molar-refractivity contribution is -0.250. The number of aromatic nitrogens is 1. The molecule has 1 aromatic heterocycles. The minimum Gasteiger partial charge on any atom is -0.396 e. The summed E-state index contributed by atoms with van der Waals surface area (Å²) in [5.74, 6) is -0.444. The Hall–Kier alpha value is -1.98. The number of ether oxygens (including phenoxy) is 1. The zero-order valence-electron chi connectivity index (χ0n) is 16.5. The molecule has 0 aliphatic carbocycles. The highest BCUT2D eigenvalue weighted by Crippen LogP contribution is 2.40. The molecule has 7 nitrogen and oxygen atoms in total. The number of halogens is 1. The highest BCUT2D eigenvalue weighted by atomic mass is 32.2. The van der Waals surface area contributed by atoms with Crippen LogP contribution in [-0.4, -0.2) is 67.7 Å². The van der Waals surface area contributed by atoms with Gasteiger partial charge >= 0.3 is 0 Å². The Morgan fingerprint density at radius 2 is 1.71 bits per heavy atom. The molecule has 0 bridgehead atoms. The number of benzene rings is 2. The van der Waals surface area contributed by atoms with Crippen LogP contribution in [0, 0.1) is 5.82 Å². The van der Waals surface area contributed by atoms with Crippen LogP contribution in [0.15, 0.2) is 58.5 Å². The van der Waals surface area contributed by atoms with Crippen LogP contribution < -0.4 is 0 Å². The van der Waals surface area contributed by atoms with Gasteiger partial charge in [0.2, 0.25) is 0 Å². The number of aliphatic hydroxyl groups excluding tert-OH is 5. The molecule has 0 spiro atoms. The van der Waals surface area contributed by atoms with Crippen LogP contribution in [0.3, 0.4) is 0 Å². The molecule has 1 saturated heterocycles. The van der Waals surface area contributed by atoms with Gasteiger partial charge in [0, 0.05) is 28.0 Å². The van der Waals surface area contributed by atoms with Gasteiger partial charge in [0.05, 0.1) is 12.1 Å². The van der Waals surface area contributed by atoms with Crippen molar-refractivity contribution in [2.24, 2.45) is 0 Å². The Bertz CT molecular complexity index is 1040. The first-order valence-electron chi connectivity index (χ1n) is 9.91. The van der Waals surface area contributed by atoms with E-state index < -0.39 is 43.1 Å². The third-order valence-corrected chi connectivity index (χ3v) is 6.50. The average Bonchev–Trinajstić information content (AvgIpc) is 3.13. The first kappa shape index (κ1) is 22.2. The fraction of sp³-hybridized carbons (Fsp3) is 0.364. The van der Waals surface area contributed by atoms with E-state index in [1.165, 1.54) is 28.5 Å². The van der Waals surface area contributed by atoms with Gasteiger partial charge in [-0.3, -0.25) is 0 Å². The van der Waals surface area contributed by atoms with Crippen LogP contribution in [0.1, 0.15) is 11.8 Å². The van der Waals surface area contributed by atoms with E-state index in [9.17, 15) is 24.8 Å². The van der Waals surface area contributed by atoms with E-state index in [2.05, 4.69) is 0 Å². The summed E-state index contributed by atoms with van der Waals surface area (Å²) in [4.78, 5) is 1.44. The number of aliphatic hydroxyl groups is 5. The molecule has 1 fully saturated rings. The van der Waals surface area contributed by atoms with Gasteiger partial charge < -0.3 is 34.8 Å². The summed E-state index contributed by atoms with van der Waals surface area (Å²) >= 11 is 1.33. The Labute approximate surface area is 182 Å². The molecule has 0 amide bonds. The Balaban J connectivity index is 1.73. The Kier molecular flexibility index (Phi) is 6.63. The fourth-order valence-electron chi connectivity index (χ4n) is 3.81. The number of hydrogen-bond donors (Lipinski definition) is 5. The van der Waals surface area contributed by atoms with Crippen molar-refractivity contribution in [2.75, 3.05) is 13.2 Å². The van der Waals surface area contributed by atoms with Crippen LogP contribution in [0.2, 0.25) is 0 Å². The molecule has 0 radical (unpaired) electrons. The normalized spacial score (nSPS) is 26.5. The molecule has 9 heteroatoms. The smallest absolute Gasteiger partial charge is 0.163 e. The van der Waals surface area contributed by atoms with Gasteiger partial charge in [0.1, 0.15) is 30.2 Å². The molecular formula is C22H24FNO6S. The van der Waals surface area contributed by atoms with E-state index in [1.54, 1.807) is 12.3 Å². The molecule has 3 aromatic rings. The Morgan fingerprint density at radius 1 is 0.968 bits per heavy atom. The molecule has 1 aliphatic rings. The lowest BCUT2D eigenvalue weighted by Gasteiger charge is -2.40. The van der Waals surface area contributed by atoms with E-state index in [1.807, 2.05) is 24.3 Å². The van der Waals surface area contributed by atoms with Crippen molar-refractivity contribution >= 4 is 22.7 Å². The van der Waals surface area contributed by atoms with Crippen molar-refractivity contribution in [1.82, 2.24) is 4.57 Å². The largest absolute Gasteiger partial charge is 0.396 e. The summed E-state index contributed by atoms with van der Waals surface area (Å²) in [6.07, 6.45) is -4.49.